The van der Waals surface area contributed by atoms with E-state index in [1.807, 2.05) is 31.2 Å². The Morgan fingerprint density at radius 3 is 2.41 bits per heavy atom. The summed E-state index contributed by atoms with van der Waals surface area (Å²) in [5, 5.41) is 2.84. The first-order valence-corrected chi connectivity index (χ1v) is 10.5. The van der Waals surface area contributed by atoms with Gasteiger partial charge in [-0.2, -0.15) is 0 Å². The number of hydrogen-bond acceptors (Lipinski definition) is 6. The molecule has 0 aliphatic carbocycles. The maximum atomic E-state index is 12.2. The van der Waals surface area contributed by atoms with Gasteiger partial charge < -0.3 is 19.5 Å². The summed E-state index contributed by atoms with van der Waals surface area (Å²) in [6, 6.07) is 13.0. The Morgan fingerprint density at radius 2 is 1.76 bits per heavy atom. The third-order valence-corrected chi connectivity index (χ3v) is 5.56. The van der Waals surface area contributed by atoms with Crippen LogP contribution < -0.4 is 19.5 Å². The molecule has 2 aromatic carbocycles. The largest absolute Gasteiger partial charge is 0.496 e. The molecule has 0 saturated heterocycles. The fourth-order valence-electron chi connectivity index (χ4n) is 2.61. The lowest BCUT2D eigenvalue weighted by Gasteiger charge is -2.17. The van der Waals surface area contributed by atoms with Crippen molar-refractivity contribution >= 4 is 15.9 Å². The lowest BCUT2D eigenvalue weighted by Crippen LogP contribution is -2.31. The quantitative estimate of drug-likeness (QED) is 0.536. The van der Waals surface area contributed by atoms with Gasteiger partial charge in [0, 0.05) is 19.2 Å². The van der Waals surface area contributed by atoms with E-state index in [0.717, 1.165) is 5.56 Å². The molecule has 1 atom stereocenters. The Kier molecular flexibility index (Phi) is 8.44. The number of rotatable bonds is 11. The lowest BCUT2D eigenvalue weighted by molar-refractivity contribution is -0.123. The van der Waals surface area contributed by atoms with Crippen molar-refractivity contribution in [3.63, 3.8) is 0 Å². The van der Waals surface area contributed by atoms with Crippen LogP contribution in [0.25, 0.3) is 0 Å². The van der Waals surface area contributed by atoms with E-state index in [1.165, 1.54) is 31.4 Å². The highest BCUT2D eigenvalue weighted by atomic mass is 32.2. The number of nitrogens with one attached hydrogen (secondary N) is 2. The van der Waals surface area contributed by atoms with Crippen molar-refractivity contribution in [3.8, 4) is 11.5 Å². The highest BCUT2D eigenvalue weighted by Crippen LogP contribution is 2.24. The molecule has 0 saturated carbocycles. The average molecular weight is 423 g/mol. The van der Waals surface area contributed by atoms with Crippen molar-refractivity contribution in [2.75, 3.05) is 34.0 Å². The fourth-order valence-corrected chi connectivity index (χ4v) is 3.62. The Balaban J connectivity index is 1.88. The van der Waals surface area contributed by atoms with Gasteiger partial charge in [0.25, 0.3) is 5.91 Å². The van der Waals surface area contributed by atoms with Gasteiger partial charge in [-0.1, -0.05) is 18.2 Å². The van der Waals surface area contributed by atoms with Gasteiger partial charge in [-0.3, -0.25) is 4.79 Å². The summed E-state index contributed by atoms with van der Waals surface area (Å²) in [5.74, 6) is 0.777. The number of carbonyl (C=O) groups excluding carboxylic acids is 1. The Bertz CT molecular complexity index is 899. The van der Waals surface area contributed by atoms with Gasteiger partial charge in [-0.15, -0.1) is 0 Å². The molecule has 0 aliphatic rings. The normalized spacial score (nSPS) is 12.2. The zero-order valence-corrected chi connectivity index (χ0v) is 17.5. The van der Waals surface area contributed by atoms with Gasteiger partial charge in [0.05, 0.1) is 24.7 Å². The number of amides is 1. The molecule has 29 heavy (non-hydrogen) atoms. The molecule has 0 fully saturated rings. The van der Waals surface area contributed by atoms with Crippen molar-refractivity contribution < 1.29 is 27.4 Å². The van der Waals surface area contributed by atoms with Gasteiger partial charge in [0.2, 0.25) is 10.0 Å². The summed E-state index contributed by atoms with van der Waals surface area (Å²) in [5.41, 5.74) is 0.860. The first-order chi connectivity index (χ1) is 13.9. The van der Waals surface area contributed by atoms with Crippen LogP contribution in [0.3, 0.4) is 0 Å². The van der Waals surface area contributed by atoms with Crippen molar-refractivity contribution in [1.82, 2.24) is 10.0 Å². The molecule has 158 valence electrons. The van der Waals surface area contributed by atoms with E-state index in [-0.39, 0.29) is 36.6 Å². The number of carbonyl (C=O) groups is 1. The van der Waals surface area contributed by atoms with Crippen molar-refractivity contribution in [2.45, 2.75) is 17.9 Å². The Hall–Kier alpha value is -2.62. The highest BCUT2D eigenvalue weighted by Gasteiger charge is 2.15. The minimum absolute atomic E-state index is 0.107. The van der Waals surface area contributed by atoms with Crippen molar-refractivity contribution in [2.24, 2.45) is 0 Å². The van der Waals surface area contributed by atoms with Crippen LogP contribution in [0.1, 0.15) is 18.5 Å². The summed E-state index contributed by atoms with van der Waals surface area (Å²) in [7, 11) is -0.540. The van der Waals surface area contributed by atoms with Crippen LogP contribution in [0, 0.1) is 0 Å². The van der Waals surface area contributed by atoms with E-state index < -0.39 is 10.0 Å². The first kappa shape index (κ1) is 22.7. The zero-order valence-electron chi connectivity index (χ0n) is 16.7. The molecule has 2 rings (SSSR count). The molecule has 0 radical (unpaired) electrons. The van der Waals surface area contributed by atoms with Crippen LogP contribution in [0.2, 0.25) is 0 Å². The number of methoxy groups -OCH3 is 2. The SMILES string of the molecule is COCCNS(=O)(=O)c1ccc(OCC(=O)NC(C)c2ccccc2OC)cc1. The van der Waals surface area contributed by atoms with Crippen LogP contribution in [0.15, 0.2) is 53.4 Å². The van der Waals surface area contributed by atoms with Crippen molar-refractivity contribution in [3.05, 3.63) is 54.1 Å². The smallest absolute Gasteiger partial charge is 0.258 e. The first-order valence-electron chi connectivity index (χ1n) is 9.01. The molecule has 0 aromatic heterocycles. The second-order valence-corrected chi connectivity index (χ2v) is 7.95. The number of ether oxygens (including phenoxy) is 3. The summed E-state index contributed by atoms with van der Waals surface area (Å²) >= 11 is 0. The number of sulfonamides is 1. The minimum atomic E-state index is -3.61. The molecule has 0 heterocycles. The van der Waals surface area contributed by atoms with Gasteiger partial charge in [0.1, 0.15) is 11.5 Å². The summed E-state index contributed by atoms with van der Waals surface area (Å²) < 4.78 is 42.2. The average Bonchev–Trinajstić information content (AvgIpc) is 2.72. The summed E-state index contributed by atoms with van der Waals surface area (Å²) in [4.78, 5) is 12.3. The molecule has 0 aliphatic heterocycles. The molecule has 2 N–H and O–H groups in total. The van der Waals surface area contributed by atoms with Crippen LogP contribution in [-0.2, 0) is 19.6 Å². The molecular formula is C20H26N2O6S. The van der Waals surface area contributed by atoms with Crippen LogP contribution >= 0.6 is 0 Å². The van der Waals surface area contributed by atoms with Gasteiger partial charge in [-0.05, 0) is 37.3 Å². The fraction of sp³-hybridized carbons (Fsp3) is 0.350. The second-order valence-electron chi connectivity index (χ2n) is 6.18. The van der Waals surface area contributed by atoms with Crippen LogP contribution in [-0.4, -0.2) is 48.3 Å². The van der Waals surface area contributed by atoms with Crippen LogP contribution in [0.4, 0.5) is 0 Å². The molecule has 0 spiro atoms. The molecule has 2 aromatic rings. The predicted octanol–water partition coefficient (Wildman–Crippen LogP) is 1.88. The molecule has 1 amide bonds. The monoisotopic (exact) mass is 422 g/mol. The Morgan fingerprint density at radius 1 is 1.07 bits per heavy atom. The maximum Gasteiger partial charge on any atom is 0.258 e. The molecule has 9 heteroatoms. The molecule has 8 nitrogen and oxygen atoms in total. The van der Waals surface area contributed by atoms with E-state index in [4.69, 9.17) is 14.2 Å². The minimum Gasteiger partial charge on any atom is -0.496 e. The van der Waals surface area contributed by atoms with E-state index in [2.05, 4.69) is 10.0 Å². The molecule has 1 unspecified atom stereocenters. The maximum absolute atomic E-state index is 12.2. The van der Waals surface area contributed by atoms with Gasteiger partial charge >= 0.3 is 0 Å². The summed E-state index contributed by atoms with van der Waals surface area (Å²) in [6.45, 7) is 2.12. The third kappa shape index (κ3) is 6.74. The lowest BCUT2D eigenvalue weighted by atomic mass is 10.1. The summed E-state index contributed by atoms with van der Waals surface area (Å²) in [6.07, 6.45) is 0. The van der Waals surface area contributed by atoms with E-state index in [1.54, 1.807) is 7.11 Å². The predicted molar refractivity (Wildman–Crippen MR) is 109 cm³/mol. The number of benzene rings is 2. The topological polar surface area (TPSA) is 103 Å². The molecule has 0 bridgehead atoms. The highest BCUT2D eigenvalue weighted by molar-refractivity contribution is 7.89. The Labute approximate surface area is 171 Å². The third-order valence-electron chi connectivity index (χ3n) is 4.09. The standard InChI is InChI=1S/C20H26N2O6S/c1-15(18-6-4-5-7-19(18)27-3)22-20(23)14-28-16-8-10-17(11-9-16)29(24,25)21-12-13-26-2/h4-11,15,21H,12-14H2,1-3H3,(H,22,23). The van der Waals surface area contributed by atoms with E-state index in [9.17, 15) is 13.2 Å². The van der Waals surface area contributed by atoms with Gasteiger partial charge in [-0.25, -0.2) is 13.1 Å². The molecular weight excluding hydrogens is 396 g/mol. The van der Waals surface area contributed by atoms with E-state index >= 15 is 0 Å². The zero-order chi connectivity index (χ0) is 21.3. The van der Waals surface area contributed by atoms with E-state index in [0.29, 0.717) is 11.5 Å². The second kappa shape index (κ2) is 10.8. The van der Waals surface area contributed by atoms with Crippen LogP contribution in [0.5, 0.6) is 11.5 Å². The number of para-hydroxylation sites is 1. The van der Waals surface area contributed by atoms with Gasteiger partial charge in [0.15, 0.2) is 6.61 Å². The van der Waals surface area contributed by atoms with Crippen molar-refractivity contribution in [1.29, 1.82) is 0 Å². The number of hydrogen-bond donors (Lipinski definition) is 2.